The first-order valence-electron chi connectivity index (χ1n) is 10.3. The van der Waals surface area contributed by atoms with E-state index >= 15 is 0 Å². The molecule has 0 spiro atoms. The quantitative estimate of drug-likeness (QED) is 0.538. The highest BCUT2D eigenvalue weighted by Crippen LogP contribution is 2.28. The first-order valence-corrected chi connectivity index (χ1v) is 10.3. The number of nitrogens with zero attached hydrogens (tertiary/aromatic N) is 3. The summed E-state index contributed by atoms with van der Waals surface area (Å²) in [4.78, 5) is 30.7. The molecule has 35 heavy (non-hydrogen) atoms. The Morgan fingerprint density at radius 1 is 1.26 bits per heavy atom. The Bertz CT molecular complexity index is 1210. The lowest BCUT2D eigenvalue weighted by Gasteiger charge is -2.34. The van der Waals surface area contributed by atoms with Gasteiger partial charge in [-0.05, 0) is 36.4 Å². The highest BCUT2D eigenvalue weighted by Gasteiger charge is 2.39. The zero-order chi connectivity index (χ0) is 25.2. The third-order valence-electron chi connectivity index (χ3n) is 4.98. The number of aromatic nitrogens is 2. The van der Waals surface area contributed by atoms with Crippen LogP contribution in [0.3, 0.4) is 0 Å². The van der Waals surface area contributed by atoms with E-state index in [4.69, 9.17) is 9.26 Å². The van der Waals surface area contributed by atoms with E-state index in [0.29, 0.717) is 23.0 Å². The summed E-state index contributed by atoms with van der Waals surface area (Å²) in [6, 6.07) is 11.2. The van der Waals surface area contributed by atoms with Crippen molar-refractivity contribution in [2.45, 2.75) is 25.5 Å². The average Bonchev–Trinajstić information content (AvgIpc) is 3.24. The van der Waals surface area contributed by atoms with Crippen LogP contribution in [0.25, 0.3) is 11.4 Å². The van der Waals surface area contributed by atoms with E-state index in [1.807, 2.05) is 0 Å². The molecule has 184 valence electrons. The van der Waals surface area contributed by atoms with Crippen molar-refractivity contribution in [3.05, 3.63) is 54.4 Å². The molecular weight excluding hydrogens is 473 g/mol. The highest BCUT2D eigenvalue weighted by atomic mass is 19.4. The maximum Gasteiger partial charge on any atom is 0.573 e. The Balaban J connectivity index is 1.42. The Kier molecular flexibility index (Phi) is 6.71. The fourth-order valence-electron chi connectivity index (χ4n) is 3.41. The Labute approximate surface area is 196 Å². The SMILES string of the molecule is Cc1nc(-c2ccc(NC(=O)[C@H](O)[C@H]3OCCN(c4cccc(OC(F)(F)F)c4)C3=O)cc2)no1. The molecular formula is C22H19F3N4O6. The predicted molar refractivity (Wildman–Crippen MR) is 114 cm³/mol. The zero-order valence-corrected chi connectivity index (χ0v) is 18.2. The molecule has 1 aliphatic rings. The van der Waals surface area contributed by atoms with E-state index in [9.17, 15) is 27.9 Å². The van der Waals surface area contributed by atoms with Crippen molar-refractivity contribution in [2.24, 2.45) is 0 Å². The van der Waals surface area contributed by atoms with E-state index in [1.54, 1.807) is 31.2 Å². The molecule has 1 aromatic heterocycles. The minimum Gasteiger partial charge on any atom is -0.406 e. The van der Waals surface area contributed by atoms with Gasteiger partial charge in [0, 0.05) is 36.5 Å². The Morgan fingerprint density at radius 3 is 2.66 bits per heavy atom. The van der Waals surface area contributed by atoms with Crippen molar-refractivity contribution < 1.29 is 41.9 Å². The van der Waals surface area contributed by atoms with Crippen molar-refractivity contribution in [3.63, 3.8) is 0 Å². The second-order valence-corrected chi connectivity index (χ2v) is 7.47. The van der Waals surface area contributed by atoms with Crippen LogP contribution in [0, 0.1) is 6.92 Å². The second kappa shape index (κ2) is 9.72. The van der Waals surface area contributed by atoms with Crippen LogP contribution in [0.1, 0.15) is 5.89 Å². The number of benzene rings is 2. The number of ether oxygens (including phenoxy) is 2. The first-order chi connectivity index (χ1) is 16.6. The van der Waals surface area contributed by atoms with Gasteiger partial charge in [-0.25, -0.2) is 0 Å². The van der Waals surface area contributed by atoms with E-state index < -0.39 is 36.1 Å². The predicted octanol–water partition coefficient (Wildman–Crippen LogP) is 2.68. The second-order valence-electron chi connectivity index (χ2n) is 7.47. The van der Waals surface area contributed by atoms with Gasteiger partial charge < -0.3 is 29.3 Å². The van der Waals surface area contributed by atoms with Crippen molar-refractivity contribution >= 4 is 23.2 Å². The summed E-state index contributed by atoms with van der Waals surface area (Å²) in [7, 11) is 0. The van der Waals surface area contributed by atoms with Gasteiger partial charge in [-0.3, -0.25) is 9.59 Å². The third-order valence-corrected chi connectivity index (χ3v) is 4.98. The summed E-state index contributed by atoms with van der Waals surface area (Å²) >= 11 is 0. The molecule has 1 saturated heterocycles. The molecule has 10 nitrogen and oxygen atoms in total. The van der Waals surface area contributed by atoms with E-state index in [-0.39, 0.29) is 18.8 Å². The van der Waals surface area contributed by atoms with Crippen molar-refractivity contribution in [2.75, 3.05) is 23.4 Å². The van der Waals surface area contributed by atoms with Crippen LogP contribution in [0.15, 0.2) is 53.1 Å². The van der Waals surface area contributed by atoms with Crippen LogP contribution >= 0.6 is 0 Å². The maximum absolute atomic E-state index is 12.9. The normalized spacial score (nSPS) is 17.2. The fraction of sp³-hybridized carbons (Fsp3) is 0.273. The standard InChI is InChI=1S/C22H19F3N4O6/c1-12-26-19(28-35-12)13-5-7-14(8-6-13)27-20(31)17(30)18-21(32)29(9-10-33-18)15-3-2-4-16(11-15)34-22(23,24)25/h2-8,11,17-18,30H,9-10H2,1H3,(H,27,31)/t17-,18-/m1/s1. The number of aliphatic hydroxyl groups excluding tert-OH is 1. The largest absolute Gasteiger partial charge is 0.573 e. The van der Waals surface area contributed by atoms with Gasteiger partial charge in [-0.2, -0.15) is 4.98 Å². The van der Waals surface area contributed by atoms with E-state index in [1.165, 1.54) is 12.1 Å². The number of halogens is 3. The van der Waals surface area contributed by atoms with Crippen LogP contribution < -0.4 is 15.0 Å². The number of alkyl halides is 3. The molecule has 4 rings (SSSR count). The monoisotopic (exact) mass is 492 g/mol. The maximum atomic E-state index is 12.9. The molecule has 1 aliphatic heterocycles. The number of nitrogens with one attached hydrogen (secondary N) is 1. The Hall–Kier alpha value is -3.97. The molecule has 1 fully saturated rings. The molecule has 2 amide bonds. The van der Waals surface area contributed by atoms with Gasteiger partial charge in [0.05, 0.1) is 6.61 Å². The van der Waals surface area contributed by atoms with Gasteiger partial charge in [-0.1, -0.05) is 11.2 Å². The summed E-state index contributed by atoms with van der Waals surface area (Å²) in [5.74, 6) is -1.44. The van der Waals surface area contributed by atoms with Crippen LogP contribution in [-0.2, 0) is 14.3 Å². The van der Waals surface area contributed by atoms with Crippen molar-refractivity contribution in [3.8, 4) is 17.1 Å². The number of aliphatic hydroxyl groups is 1. The summed E-state index contributed by atoms with van der Waals surface area (Å²) in [6.07, 6.45) is -8.33. The molecule has 0 bridgehead atoms. The lowest BCUT2D eigenvalue weighted by Crippen LogP contribution is -2.55. The molecule has 3 aromatic rings. The van der Waals surface area contributed by atoms with Crippen LogP contribution in [0.5, 0.6) is 5.75 Å². The number of carbonyl (C=O) groups excluding carboxylic acids is 2. The Morgan fingerprint density at radius 2 is 2.00 bits per heavy atom. The van der Waals surface area contributed by atoms with Crippen molar-refractivity contribution in [1.82, 2.24) is 10.1 Å². The van der Waals surface area contributed by atoms with Gasteiger partial charge in [0.15, 0.2) is 12.2 Å². The van der Waals surface area contributed by atoms with Gasteiger partial charge in [0.1, 0.15) is 5.75 Å². The number of aryl methyl sites for hydroxylation is 1. The molecule has 2 N–H and O–H groups in total. The van der Waals surface area contributed by atoms with Gasteiger partial charge >= 0.3 is 6.36 Å². The fourth-order valence-corrected chi connectivity index (χ4v) is 3.41. The molecule has 0 unspecified atom stereocenters. The minimum atomic E-state index is -4.90. The van der Waals surface area contributed by atoms with Gasteiger partial charge in [0.2, 0.25) is 11.7 Å². The molecule has 2 heterocycles. The minimum absolute atomic E-state index is 0.0101. The molecule has 0 saturated carbocycles. The summed E-state index contributed by atoms with van der Waals surface area (Å²) in [6.45, 7) is 1.61. The summed E-state index contributed by atoms with van der Waals surface area (Å²) in [5, 5.41) is 16.8. The molecule has 13 heteroatoms. The zero-order valence-electron chi connectivity index (χ0n) is 18.2. The summed E-state index contributed by atoms with van der Waals surface area (Å²) in [5.41, 5.74) is 1.07. The van der Waals surface area contributed by atoms with Crippen LogP contribution in [0.4, 0.5) is 24.5 Å². The number of amides is 2. The van der Waals surface area contributed by atoms with E-state index in [0.717, 1.165) is 17.0 Å². The van der Waals surface area contributed by atoms with Gasteiger partial charge in [-0.15, -0.1) is 13.2 Å². The molecule has 0 radical (unpaired) electrons. The number of rotatable bonds is 6. The molecule has 0 aliphatic carbocycles. The number of morpholine rings is 1. The number of anilines is 2. The number of hydrogen-bond donors (Lipinski definition) is 2. The third kappa shape index (κ3) is 5.75. The van der Waals surface area contributed by atoms with Crippen molar-refractivity contribution in [1.29, 1.82) is 0 Å². The summed E-state index contributed by atoms with van der Waals surface area (Å²) < 4.78 is 51.7. The van der Waals surface area contributed by atoms with Crippen LogP contribution in [-0.4, -0.2) is 58.8 Å². The topological polar surface area (TPSA) is 127 Å². The highest BCUT2D eigenvalue weighted by molar-refractivity contribution is 6.03. The van der Waals surface area contributed by atoms with E-state index in [2.05, 4.69) is 20.2 Å². The molecule has 2 atom stereocenters. The number of carbonyl (C=O) groups is 2. The van der Waals surface area contributed by atoms with Gasteiger partial charge in [0.25, 0.3) is 11.8 Å². The average molecular weight is 492 g/mol. The molecule has 2 aromatic carbocycles. The smallest absolute Gasteiger partial charge is 0.406 e. The lowest BCUT2D eigenvalue weighted by molar-refractivity contribution is -0.274. The van der Waals surface area contributed by atoms with Crippen LogP contribution in [0.2, 0.25) is 0 Å². The first kappa shape index (κ1) is 24.2. The lowest BCUT2D eigenvalue weighted by atomic mass is 10.1. The number of hydrogen-bond acceptors (Lipinski definition) is 8.